The van der Waals surface area contributed by atoms with Crippen molar-refractivity contribution in [3.8, 4) is 0 Å². The van der Waals surface area contributed by atoms with Gasteiger partial charge in [-0.3, -0.25) is 19.7 Å². The Hall–Kier alpha value is -4.13. The summed E-state index contributed by atoms with van der Waals surface area (Å²) in [6, 6.07) is 15.2. The Labute approximate surface area is 184 Å². The summed E-state index contributed by atoms with van der Waals surface area (Å²) in [4.78, 5) is 41.6. The van der Waals surface area contributed by atoms with Crippen molar-refractivity contribution in [2.45, 2.75) is 27.3 Å². The van der Waals surface area contributed by atoms with Gasteiger partial charge in [0.2, 0.25) is 5.43 Å². The van der Waals surface area contributed by atoms with E-state index in [0.717, 1.165) is 22.4 Å². The monoisotopic (exact) mass is 427 g/mol. The van der Waals surface area contributed by atoms with Crippen molar-refractivity contribution in [2.24, 2.45) is 0 Å². The molecule has 32 heavy (non-hydrogen) atoms. The van der Waals surface area contributed by atoms with Gasteiger partial charge in [0.25, 0.3) is 5.69 Å². The van der Waals surface area contributed by atoms with Crippen molar-refractivity contribution >= 4 is 22.5 Å². The standard InChI is InChI=1S/C25H21N3O4/c1-15-4-5-16(2)21(12-15)24(30)22-14-27(13-18-7-9-19(10-8-18)28(31)32)25-20(23(22)29)11-6-17(3)26-25/h4-12,14H,13H2,1-3H3. The van der Waals surface area contributed by atoms with Crippen LogP contribution in [-0.2, 0) is 6.54 Å². The summed E-state index contributed by atoms with van der Waals surface area (Å²) in [6.45, 7) is 5.87. The summed E-state index contributed by atoms with van der Waals surface area (Å²) in [7, 11) is 0. The lowest BCUT2D eigenvalue weighted by atomic mass is 9.97. The van der Waals surface area contributed by atoms with Crippen LogP contribution in [0.15, 0.2) is 65.6 Å². The van der Waals surface area contributed by atoms with Gasteiger partial charge in [-0.15, -0.1) is 0 Å². The second-order valence-electron chi connectivity index (χ2n) is 7.89. The van der Waals surface area contributed by atoms with Gasteiger partial charge in [-0.1, -0.05) is 29.8 Å². The molecule has 4 aromatic rings. The van der Waals surface area contributed by atoms with Gasteiger partial charge >= 0.3 is 0 Å². The highest BCUT2D eigenvalue weighted by molar-refractivity contribution is 6.10. The molecule has 0 saturated heterocycles. The lowest BCUT2D eigenvalue weighted by Gasteiger charge is -2.14. The molecule has 2 aromatic carbocycles. The third-order valence-corrected chi connectivity index (χ3v) is 5.44. The number of benzene rings is 2. The van der Waals surface area contributed by atoms with Gasteiger partial charge < -0.3 is 4.57 Å². The quantitative estimate of drug-likeness (QED) is 0.265. The van der Waals surface area contributed by atoms with Gasteiger partial charge in [-0.2, -0.15) is 0 Å². The predicted octanol–water partition coefficient (Wildman–Crippen LogP) is 4.51. The molecule has 0 radical (unpaired) electrons. The molecule has 2 heterocycles. The van der Waals surface area contributed by atoms with Gasteiger partial charge in [0.15, 0.2) is 5.78 Å². The molecule has 4 rings (SSSR count). The maximum Gasteiger partial charge on any atom is 0.269 e. The zero-order valence-corrected chi connectivity index (χ0v) is 18.0. The van der Waals surface area contributed by atoms with Gasteiger partial charge in [-0.05, 0) is 50.1 Å². The highest BCUT2D eigenvalue weighted by Crippen LogP contribution is 2.19. The summed E-state index contributed by atoms with van der Waals surface area (Å²) in [5.41, 5.74) is 3.91. The molecule has 7 heteroatoms. The number of rotatable bonds is 5. The van der Waals surface area contributed by atoms with Crippen LogP contribution in [-0.4, -0.2) is 20.3 Å². The largest absolute Gasteiger partial charge is 0.327 e. The predicted molar refractivity (Wildman–Crippen MR) is 122 cm³/mol. The molecule has 0 bridgehead atoms. The van der Waals surface area contributed by atoms with Crippen LogP contribution in [0, 0.1) is 30.9 Å². The minimum Gasteiger partial charge on any atom is -0.327 e. The highest BCUT2D eigenvalue weighted by atomic mass is 16.6. The zero-order valence-electron chi connectivity index (χ0n) is 18.0. The third kappa shape index (κ3) is 3.92. The van der Waals surface area contributed by atoms with Gasteiger partial charge in [0.05, 0.1) is 15.9 Å². The number of aryl methyl sites for hydroxylation is 3. The minimum atomic E-state index is -0.454. The molecule has 0 aliphatic rings. The van der Waals surface area contributed by atoms with Crippen LogP contribution >= 0.6 is 0 Å². The average molecular weight is 427 g/mol. The Balaban J connectivity index is 1.88. The Morgan fingerprint density at radius 1 is 1.00 bits per heavy atom. The van der Waals surface area contributed by atoms with E-state index in [2.05, 4.69) is 4.98 Å². The van der Waals surface area contributed by atoms with Gasteiger partial charge in [0.1, 0.15) is 5.65 Å². The molecule has 0 spiro atoms. The van der Waals surface area contributed by atoms with E-state index in [9.17, 15) is 19.7 Å². The fourth-order valence-corrected chi connectivity index (χ4v) is 3.69. The Morgan fingerprint density at radius 3 is 2.41 bits per heavy atom. The average Bonchev–Trinajstić information content (AvgIpc) is 2.77. The molecular weight excluding hydrogens is 406 g/mol. The van der Waals surface area contributed by atoms with E-state index in [1.807, 2.05) is 32.9 Å². The second-order valence-corrected chi connectivity index (χ2v) is 7.89. The van der Waals surface area contributed by atoms with E-state index in [-0.39, 0.29) is 22.5 Å². The van der Waals surface area contributed by atoms with E-state index < -0.39 is 4.92 Å². The number of nitro benzene ring substituents is 1. The van der Waals surface area contributed by atoms with E-state index in [1.165, 1.54) is 12.1 Å². The van der Waals surface area contributed by atoms with E-state index in [1.54, 1.807) is 41.1 Å². The fraction of sp³-hybridized carbons (Fsp3) is 0.160. The van der Waals surface area contributed by atoms with Gasteiger partial charge in [0, 0.05) is 36.1 Å². The van der Waals surface area contributed by atoms with Crippen LogP contribution in [0.5, 0.6) is 0 Å². The summed E-state index contributed by atoms with van der Waals surface area (Å²) >= 11 is 0. The molecule has 2 aromatic heterocycles. The van der Waals surface area contributed by atoms with Crippen LogP contribution in [0.1, 0.15) is 38.3 Å². The topological polar surface area (TPSA) is 95.1 Å². The third-order valence-electron chi connectivity index (χ3n) is 5.44. The first kappa shape index (κ1) is 21.1. The summed E-state index contributed by atoms with van der Waals surface area (Å²) in [6.07, 6.45) is 1.54. The lowest BCUT2D eigenvalue weighted by molar-refractivity contribution is -0.384. The number of hydrogen-bond donors (Lipinski definition) is 0. The molecule has 0 atom stereocenters. The number of non-ortho nitro benzene ring substituents is 1. The Bertz CT molecular complexity index is 1440. The number of nitrogens with zero attached hydrogens (tertiary/aromatic N) is 3. The molecule has 0 aliphatic carbocycles. The van der Waals surface area contributed by atoms with Gasteiger partial charge in [-0.25, -0.2) is 4.98 Å². The minimum absolute atomic E-state index is 0.00160. The first-order chi connectivity index (χ1) is 15.2. The molecular formula is C25H21N3O4. The maximum absolute atomic E-state index is 13.4. The molecule has 0 amide bonds. The number of fused-ring (bicyclic) bond motifs is 1. The zero-order chi connectivity index (χ0) is 23.0. The number of ketones is 1. The number of carbonyl (C=O) groups excluding carboxylic acids is 1. The number of carbonyl (C=O) groups is 1. The van der Waals surface area contributed by atoms with Crippen molar-refractivity contribution in [2.75, 3.05) is 0 Å². The Kier molecular flexibility index (Phi) is 5.40. The number of aromatic nitrogens is 2. The molecule has 0 fully saturated rings. The van der Waals surface area contributed by atoms with Crippen molar-refractivity contribution in [3.63, 3.8) is 0 Å². The first-order valence-electron chi connectivity index (χ1n) is 10.1. The molecule has 0 aliphatic heterocycles. The fourth-order valence-electron chi connectivity index (χ4n) is 3.69. The number of pyridine rings is 2. The highest BCUT2D eigenvalue weighted by Gasteiger charge is 2.20. The lowest BCUT2D eigenvalue weighted by Crippen LogP contribution is -2.21. The summed E-state index contributed by atoms with van der Waals surface area (Å²) < 4.78 is 1.75. The maximum atomic E-state index is 13.4. The molecule has 7 nitrogen and oxygen atoms in total. The smallest absolute Gasteiger partial charge is 0.269 e. The van der Waals surface area contributed by atoms with Crippen LogP contribution in [0.3, 0.4) is 0 Å². The van der Waals surface area contributed by atoms with Crippen LogP contribution in [0.25, 0.3) is 11.0 Å². The second kappa shape index (κ2) is 8.19. The van der Waals surface area contributed by atoms with Crippen molar-refractivity contribution in [1.82, 2.24) is 9.55 Å². The van der Waals surface area contributed by atoms with Crippen molar-refractivity contribution in [3.05, 3.63) is 115 Å². The molecule has 160 valence electrons. The first-order valence-corrected chi connectivity index (χ1v) is 10.1. The molecule has 0 N–H and O–H groups in total. The Morgan fingerprint density at radius 2 is 1.72 bits per heavy atom. The van der Waals surface area contributed by atoms with E-state index >= 15 is 0 Å². The normalized spacial score (nSPS) is 11.0. The summed E-state index contributed by atoms with van der Waals surface area (Å²) in [5.74, 6) is -0.337. The van der Waals surface area contributed by atoms with Crippen molar-refractivity contribution < 1.29 is 9.72 Å². The van der Waals surface area contributed by atoms with Crippen LogP contribution in [0.4, 0.5) is 5.69 Å². The number of nitro groups is 1. The molecule has 0 saturated carbocycles. The van der Waals surface area contributed by atoms with E-state index in [4.69, 9.17) is 0 Å². The van der Waals surface area contributed by atoms with E-state index in [0.29, 0.717) is 23.1 Å². The molecule has 0 unspecified atom stereocenters. The van der Waals surface area contributed by atoms with Crippen LogP contribution < -0.4 is 5.43 Å². The summed E-state index contributed by atoms with van der Waals surface area (Å²) in [5, 5.41) is 11.3. The van der Waals surface area contributed by atoms with Crippen molar-refractivity contribution in [1.29, 1.82) is 0 Å². The number of hydrogen-bond acceptors (Lipinski definition) is 5. The SMILES string of the molecule is Cc1ccc(C)c(C(=O)c2cn(Cc3ccc([N+](=O)[O-])cc3)c3nc(C)ccc3c2=O)c1. The van der Waals surface area contributed by atoms with Crippen LogP contribution in [0.2, 0.25) is 0 Å².